The second kappa shape index (κ2) is 7.29. The molecule has 1 aromatic heterocycles. The number of alkyl halides is 1. The Bertz CT molecular complexity index is 575. The van der Waals surface area contributed by atoms with Gasteiger partial charge in [-0.1, -0.05) is 0 Å². The number of ether oxygens (including phenoxy) is 2. The highest BCUT2D eigenvalue weighted by Crippen LogP contribution is 2.31. The molecule has 0 bridgehead atoms. The van der Waals surface area contributed by atoms with Crippen LogP contribution in [-0.2, 0) is 6.42 Å². The molecule has 0 atom stereocenters. The first-order valence-electron chi connectivity index (χ1n) is 6.89. The zero-order chi connectivity index (χ0) is 14.4. The average molecular weight is 295 g/mol. The van der Waals surface area contributed by atoms with Crippen LogP contribution in [0.1, 0.15) is 26.1 Å². The van der Waals surface area contributed by atoms with Gasteiger partial charge in [0.15, 0.2) is 11.5 Å². The summed E-state index contributed by atoms with van der Waals surface area (Å²) >= 11 is 5.70. The molecular weight excluding hydrogens is 276 g/mol. The molecule has 0 N–H and O–H groups in total. The topological polar surface area (TPSA) is 44.2 Å². The SMILES string of the molecule is CCOc1cc2cnc(CCCCl)nc2cc1OCC. The molecular formula is C15H19ClN2O2. The molecule has 108 valence electrons. The van der Waals surface area contributed by atoms with Crippen LogP contribution in [0.2, 0.25) is 0 Å². The Morgan fingerprint density at radius 3 is 2.45 bits per heavy atom. The van der Waals surface area contributed by atoms with Crippen LogP contribution in [0, 0.1) is 0 Å². The highest BCUT2D eigenvalue weighted by Gasteiger charge is 2.09. The van der Waals surface area contributed by atoms with E-state index in [-0.39, 0.29) is 0 Å². The first-order valence-corrected chi connectivity index (χ1v) is 7.43. The molecule has 2 aromatic rings. The quantitative estimate of drug-likeness (QED) is 0.732. The van der Waals surface area contributed by atoms with E-state index >= 15 is 0 Å². The fraction of sp³-hybridized carbons (Fsp3) is 0.467. The van der Waals surface area contributed by atoms with Gasteiger partial charge in [-0.05, 0) is 26.3 Å². The minimum atomic E-state index is 0.593. The van der Waals surface area contributed by atoms with Gasteiger partial charge in [-0.2, -0.15) is 0 Å². The van der Waals surface area contributed by atoms with Crippen molar-refractivity contribution in [2.45, 2.75) is 26.7 Å². The minimum absolute atomic E-state index is 0.593. The van der Waals surface area contributed by atoms with Crippen molar-refractivity contribution in [3.05, 3.63) is 24.2 Å². The molecule has 0 spiro atoms. The summed E-state index contributed by atoms with van der Waals surface area (Å²) in [5, 5.41) is 0.950. The number of benzene rings is 1. The lowest BCUT2D eigenvalue weighted by Gasteiger charge is -2.12. The number of aromatic nitrogens is 2. The van der Waals surface area contributed by atoms with E-state index in [0.717, 1.165) is 41.1 Å². The van der Waals surface area contributed by atoms with Crippen LogP contribution in [0.3, 0.4) is 0 Å². The van der Waals surface area contributed by atoms with E-state index < -0.39 is 0 Å². The van der Waals surface area contributed by atoms with Crippen LogP contribution in [0.5, 0.6) is 11.5 Å². The predicted molar refractivity (Wildman–Crippen MR) is 80.9 cm³/mol. The van der Waals surface area contributed by atoms with Crippen LogP contribution < -0.4 is 9.47 Å². The molecule has 0 radical (unpaired) electrons. The number of fused-ring (bicyclic) bond motifs is 1. The van der Waals surface area contributed by atoms with Crippen molar-refractivity contribution in [2.75, 3.05) is 19.1 Å². The van der Waals surface area contributed by atoms with Crippen molar-refractivity contribution in [1.82, 2.24) is 9.97 Å². The van der Waals surface area contributed by atoms with E-state index in [0.29, 0.717) is 19.1 Å². The molecule has 1 heterocycles. The standard InChI is InChI=1S/C15H19ClN2O2/c1-3-19-13-8-11-10-17-15(6-5-7-16)18-12(11)9-14(13)20-4-2/h8-10H,3-7H2,1-2H3. The molecule has 0 unspecified atom stereocenters. The van der Waals surface area contributed by atoms with E-state index in [1.54, 1.807) is 0 Å². The molecule has 20 heavy (non-hydrogen) atoms. The third kappa shape index (κ3) is 3.51. The number of nitrogens with zero attached hydrogens (tertiary/aromatic N) is 2. The molecule has 0 fully saturated rings. The summed E-state index contributed by atoms with van der Waals surface area (Å²) in [5.41, 5.74) is 0.872. The highest BCUT2D eigenvalue weighted by molar-refractivity contribution is 6.17. The molecule has 1 aromatic carbocycles. The summed E-state index contributed by atoms with van der Waals surface area (Å²) in [4.78, 5) is 8.91. The van der Waals surface area contributed by atoms with Gasteiger partial charge in [0.1, 0.15) is 5.82 Å². The molecule has 0 amide bonds. The van der Waals surface area contributed by atoms with Crippen molar-refractivity contribution >= 4 is 22.5 Å². The first-order chi connectivity index (χ1) is 9.78. The Labute approximate surface area is 124 Å². The summed E-state index contributed by atoms with van der Waals surface area (Å²) in [5.74, 6) is 2.89. The van der Waals surface area contributed by atoms with Gasteiger partial charge < -0.3 is 9.47 Å². The van der Waals surface area contributed by atoms with Crippen LogP contribution in [0.4, 0.5) is 0 Å². The normalized spacial score (nSPS) is 10.8. The Morgan fingerprint density at radius 1 is 1.10 bits per heavy atom. The van der Waals surface area contributed by atoms with Crippen LogP contribution in [0.15, 0.2) is 18.3 Å². The number of rotatable bonds is 7. The maximum Gasteiger partial charge on any atom is 0.163 e. The summed E-state index contributed by atoms with van der Waals surface area (Å²) in [6.45, 7) is 5.09. The van der Waals surface area contributed by atoms with Crippen molar-refractivity contribution in [3.8, 4) is 11.5 Å². The molecule has 0 saturated carbocycles. The summed E-state index contributed by atoms with van der Waals surface area (Å²) in [6.07, 6.45) is 3.49. The molecule has 5 heteroatoms. The third-order valence-corrected chi connectivity index (χ3v) is 3.10. The maximum absolute atomic E-state index is 5.70. The Hall–Kier alpha value is -1.55. The molecule has 0 aliphatic rings. The van der Waals surface area contributed by atoms with E-state index in [1.807, 2.05) is 32.2 Å². The van der Waals surface area contributed by atoms with E-state index in [4.69, 9.17) is 21.1 Å². The predicted octanol–water partition coefficient (Wildman–Crippen LogP) is 3.60. The monoisotopic (exact) mass is 294 g/mol. The van der Waals surface area contributed by atoms with Gasteiger partial charge in [0, 0.05) is 30.0 Å². The highest BCUT2D eigenvalue weighted by atomic mass is 35.5. The number of aryl methyl sites for hydroxylation is 1. The lowest BCUT2D eigenvalue weighted by Crippen LogP contribution is -2.00. The minimum Gasteiger partial charge on any atom is -0.490 e. The summed E-state index contributed by atoms with van der Waals surface area (Å²) in [7, 11) is 0. The van der Waals surface area contributed by atoms with Gasteiger partial charge in [-0.3, -0.25) is 0 Å². The fourth-order valence-electron chi connectivity index (χ4n) is 1.96. The molecule has 0 aliphatic carbocycles. The van der Waals surface area contributed by atoms with Gasteiger partial charge in [-0.15, -0.1) is 11.6 Å². The van der Waals surface area contributed by atoms with E-state index in [9.17, 15) is 0 Å². The van der Waals surface area contributed by atoms with Crippen LogP contribution in [-0.4, -0.2) is 29.1 Å². The smallest absolute Gasteiger partial charge is 0.163 e. The Morgan fingerprint density at radius 2 is 1.80 bits per heavy atom. The zero-order valence-electron chi connectivity index (χ0n) is 11.9. The van der Waals surface area contributed by atoms with Crippen molar-refractivity contribution in [2.24, 2.45) is 0 Å². The first kappa shape index (κ1) is 14.9. The van der Waals surface area contributed by atoms with Crippen LogP contribution in [0.25, 0.3) is 10.9 Å². The lowest BCUT2D eigenvalue weighted by molar-refractivity contribution is 0.288. The second-order valence-electron chi connectivity index (χ2n) is 4.30. The Balaban J connectivity index is 2.39. The molecule has 4 nitrogen and oxygen atoms in total. The van der Waals surface area contributed by atoms with Gasteiger partial charge in [0.25, 0.3) is 0 Å². The second-order valence-corrected chi connectivity index (χ2v) is 4.68. The van der Waals surface area contributed by atoms with Crippen molar-refractivity contribution in [1.29, 1.82) is 0 Å². The average Bonchev–Trinajstić information content (AvgIpc) is 2.46. The zero-order valence-corrected chi connectivity index (χ0v) is 12.6. The van der Waals surface area contributed by atoms with Gasteiger partial charge in [0.05, 0.1) is 18.7 Å². The van der Waals surface area contributed by atoms with Crippen molar-refractivity contribution in [3.63, 3.8) is 0 Å². The maximum atomic E-state index is 5.70. The molecule has 2 rings (SSSR count). The summed E-state index contributed by atoms with van der Waals surface area (Å²) < 4.78 is 11.2. The number of hydrogen-bond acceptors (Lipinski definition) is 4. The van der Waals surface area contributed by atoms with Gasteiger partial charge in [0.2, 0.25) is 0 Å². The molecule has 0 aliphatic heterocycles. The number of halogens is 1. The summed E-state index contributed by atoms with van der Waals surface area (Å²) in [6, 6.07) is 3.84. The number of hydrogen-bond donors (Lipinski definition) is 0. The van der Waals surface area contributed by atoms with Gasteiger partial charge in [-0.25, -0.2) is 9.97 Å². The Kier molecular flexibility index (Phi) is 5.41. The fourth-order valence-corrected chi connectivity index (χ4v) is 2.09. The van der Waals surface area contributed by atoms with Crippen LogP contribution >= 0.6 is 11.6 Å². The van der Waals surface area contributed by atoms with Crippen molar-refractivity contribution < 1.29 is 9.47 Å². The molecule has 0 saturated heterocycles. The largest absolute Gasteiger partial charge is 0.490 e. The third-order valence-electron chi connectivity index (χ3n) is 2.83. The van der Waals surface area contributed by atoms with Gasteiger partial charge >= 0.3 is 0 Å². The lowest BCUT2D eigenvalue weighted by atomic mass is 10.2. The van der Waals surface area contributed by atoms with E-state index in [1.165, 1.54) is 0 Å². The van der Waals surface area contributed by atoms with E-state index in [2.05, 4.69) is 9.97 Å².